The van der Waals surface area contributed by atoms with E-state index in [2.05, 4.69) is 43.1 Å². The molecule has 0 radical (unpaired) electrons. The van der Waals surface area contributed by atoms with Crippen LogP contribution in [0, 0.1) is 5.92 Å². The highest BCUT2D eigenvalue weighted by Gasteiger charge is 2.24. The number of nitrogens with one attached hydrogen (secondary N) is 2. The molecule has 2 aliphatic rings. The lowest BCUT2D eigenvalue weighted by atomic mass is 10.2. The molecular formula is C22H23N5O2S. The predicted molar refractivity (Wildman–Crippen MR) is 117 cm³/mol. The summed E-state index contributed by atoms with van der Waals surface area (Å²) in [7, 11) is -3.47. The maximum Gasteiger partial charge on any atom is 0.240 e. The fraction of sp³-hybridized carbons (Fsp3) is 0.273. The van der Waals surface area contributed by atoms with E-state index in [-0.39, 0.29) is 4.90 Å². The van der Waals surface area contributed by atoms with Crippen LogP contribution in [0.1, 0.15) is 18.4 Å². The van der Waals surface area contributed by atoms with Crippen LogP contribution in [0.15, 0.2) is 65.7 Å². The molecule has 1 saturated carbocycles. The van der Waals surface area contributed by atoms with Crippen molar-refractivity contribution in [3.63, 3.8) is 0 Å². The molecule has 1 fully saturated rings. The zero-order valence-electron chi connectivity index (χ0n) is 16.5. The van der Waals surface area contributed by atoms with Crippen LogP contribution in [0.2, 0.25) is 0 Å². The Morgan fingerprint density at radius 1 is 1.03 bits per heavy atom. The summed E-state index contributed by atoms with van der Waals surface area (Å²) in [6, 6.07) is 16.9. The summed E-state index contributed by atoms with van der Waals surface area (Å²) in [6.07, 6.45) is 4.93. The average Bonchev–Trinajstić information content (AvgIpc) is 3.50. The summed E-state index contributed by atoms with van der Waals surface area (Å²) in [6.45, 7) is 1.40. The van der Waals surface area contributed by atoms with Crippen LogP contribution in [-0.2, 0) is 16.4 Å². The third-order valence-corrected chi connectivity index (χ3v) is 6.92. The van der Waals surface area contributed by atoms with Crippen molar-refractivity contribution in [1.82, 2.24) is 14.7 Å². The van der Waals surface area contributed by atoms with Gasteiger partial charge in [0.2, 0.25) is 16.0 Å². The van der Waals surface area contributed by atoms with Gasteiger partial charge in [-0.25, -0.2) is 18.1 Å². The molecule has 0 amide bonds. The number of hydrogen-bond donors (Lipinski definition) is 2. The maximum atomic E-state index is 12.4. The molecule has 1 aliphatic carbocycles. The van der Waals surface area contributed by atoms with E-state index in [1.807, 2.05) is 12.1 Å². The van der Waals surface area contributed by atoms with Crippen molar-refractivity contribution in [3.8, 4) is 0 Å². The Balaban J connectivity index is 1.30. The van der Waals surface area contributed by atoms with Gasteiger partial charge in [-0.1, -0.05) is 18.2 Å². The van der Waals surface area contributed by atoms with Gasteiger partial charge >= 0.3 is 0 Å². The Kier molecular flexibility index (Phi) is 4.88. The highest BCUT2D eigenvalue weighted by Crippen LogP contribution is 2.33. The van der Waals surface area contributed by atoms with Crippen LogP contribution in [0.3, 0.4) is 0 Å². The summed E-state index contributed by atoms with van der Waals surface area (Å²) in [5, 5.41) is 3.17. The minimum Gasteiger partial charge on any atom is -0.326 e. The molecule has 0 atom stereocenters. The molecule has 0 saturated heterocycles. The molecule has 30 heavy (non-hydrogen) atoms. The van der Waals surface area contributed by atoms with Crippen LogP contribution in [-0.4, -0.2) is 31.5 Å². The van der Waals surface area contributed by atoms with Crippen LogP contribution < -0.4 is 14.9 Å². The second-order valence-electron chi connectivity index (χ2n) is 7.71. The Labute approximate surface area is 176 Å². The number of sulfonamides is 1. The first-order chi connectivity index (χ1) is 14.6. The molecule has 2 heterocycles. The van der Waals surface area contributed by atoms with Gasteiger partial charge < -0.3 is 10.2 Å². The minimum absolute atomic E-state index is 0.261. The summed E-state index contributed by atoms with van der Waals surface area (Å²) in [5.74, 6) is 1.80. The summed E-state index contributed by atoms with van der Waals surface area (Å²) >= 11 is 0. The van der Waals surface area contributed by atoms with Gasteiger partial charge in [0.1, 0.15) is 5.82 Å². The fourth-order valence-electron chi connectivity index (χ4n) is 3.62. The van der Waals surface area contributed by atoms with Gasteiger partial charge in [-0.3, -0.25) is 0 Å². The first kappa shape index (κ1) is 19.0. The highest BCUT2D eigenvalue weighted by molar-refractivity contribution is 7.89. The first-order valence-electron chi connectivity index (χ1n) is 10.1. The van der Waals surface area contributed by atoms with Gasteiger partial charge in [0.05, 0.1) is 4.90 Å². The van der Waals surface area contributed by atoms with Gasteiger partial charge in [0.25, 0.3) is 0 Å². The molecule has 0 bridgehead atoms. The van der Waals surface area contributed by atoms with Crippen molar-refractivity contribution >= 4 is 33.2 Å². The van der Waals surface area contributed by atoms with Crippen LogP contribution in [0.4, 0.5) is 23.1 Å². The van der Waals surface area contributed by atoms with Crippen molar-refractivity contribution in [2.24, 2.45) is 5.92 Å². The topological polar surface area (TPSA) is 87.2 Å². The number of para-hydroxylation sites is 1. The standard InChI is InChI=1S/C22H23N5O2S/c28-30(29,24-15-16-5-6-16)19-9-7-18(8-10-19)25-22-23-13-11-21(26-22)27-14-12-17-3-1-2-4-20(17)27/h1-4,7-11,13,16,24H,5-6,12,14-15H2,(H,23,25,26). The monoisotopic (exact) mass is 421 g/mol. The van der Waals surface area contributed by atoms with E-state index in [4.69, 9.17) is 0 Å². The normalized spacial score (nSPS) is 15.8. The molecule has 3 aromatic rings. The first-order valence-corrected chi connectivity index (χ1v) is 11.6. The van der Waals surface area contributed by atoms with Gasteiger partial charge in [-0.15, -0.1) is 0 Å². The Morgan fingerprint density at radius 3 is 2.63 bits per heavy atom. The number of aromatic nitrogens is 2. The number of anilines is 4. The largest absolute Gasteiger partial charge is 0.326 e. The zero-order valence-corrected chi connectivity index (χ0v) is 17.3. The quantitative estimate of drug-likeness (QED) is 0.606. The third kappa shape index (κ3) is 4.01. The second kappa shape index (κ2) is 7.70. The molecule has 8 heteroatoms. The highest BCUT2D eigenvalue weighted by atomic mass is 32.2. The minimum atomic E-state index is -3.47. The Morgan fingerprint density at radius 2 is 1.83 bits per heavy atom. The molecule has 2 N–H and O–H groups in total. The molecule has 154 valence electrons. The van der Waals surface area contributed by atoms with E-state index in [0.717, 1.165) is 37.3 Å². The van der Waals surface area contributed by atoms with Crippen LogP contribution in [0.5, 0.6) is 0 Å². The van der Waals surface area contributed by atoms with Crippen LogP contribution >= 0.6 is 0 Å². The lowest BCUT2D eigenvalue weighted by Gasteiger charge is -2.18. The summed E-state index contributed by atoms with van der Waals surface area (Å²) < 4.78 is 27.4. The molecule has 7 nitrogen and oxygen atoms in total. The lowest BCUT2D eigenvalue weighted by molar-refractivity contribution is 0.577. The van der Waals surface area contributed by atoms with Gasteiger partial charge in [0.15, 0.2) is 0 Å². The SMILES string of the molecule is O=S(=O)(NCC1CC1)c1ccc(Nc2nccc(N3CCc4ccccc43)n2)cc1. The molecule has 1 aliphatic heterocycles. The van der Waals surface area contributed by atoms with Gasteiger partial charge in [0, 0.05) is 30.7 Å². The molecule has 0 spiro atoms. The summed E-state index contributed by atoms with van der Waals surface area (Å²) in [4.78, 5) is 11.4. The molecule has 1 aromatic heterocycles. The molecule has 0 unspecified atom stereocenters. The predicted octanol–water partition coefficient (Wildman–Crippen LogP) is 3.60. The average molecular weight is 422 g/mol. The van der Waals surface area contributed by atoms with Crippen molar-refractivity contribution in [1.29, 1.82) is 0 Å². The van der Waals surface area contributed by atoms with Crippen molar-refractivity contribution < 1.29 is 8.42 Å². The van der Waals surface area contributed by atoms with Crippen molar-refractivity contribution in [2.75, 3.05) is 23.3 Å². The van der Waals surface area contributed by atoms with Crippen molar-refractivity contribution in [3.05, 3.63) is 66.4 Å². The number of nitrogens with zero attached hydrogens (tertiary/aromatic N) is 3. The summed E-state index contributed by atoms with van der Waals surface area (Å²) in [5.41, 5.74) is 3.23. The molecular weight excluding hydrogens is 398 g/mol. The van der Waals surface area contributed by atoms with E-state index in [1.165, 1.54) is 11.3 Å². The Hall–Kier alpha value is -2.97. The van der Waals surface area contributed by atoms with Gasteiger partial charge in [-0.2, -0.15) is 4.98 Å². The van der Waals surface area contributed by atoms with E-state index in [9.17, 15) is 8.42 Å². The number of benzene rings is 2. The smallest absolute Gasteiger partial charge is 0.240 e. The van der Waals surface area contributed by atoms with E-state index in [0.29, 0.717) is 18.4 Å². The molecule has 5 rings (SSSR count). The zero-order chi connectivity index (χ0) is 20.6. The Bertz CT molecular complexity index is 1160. The molecule has 2 aromatic carbocycles. The number of fused-ring (bicyclic) bond motifs is 1. The van der Waals surface area contributed by atoms with E-state index < -0.39 is 10.0 Å². The number of rotatable bonds is 7. The maximum absolute atomic E-state index is 12.4. The van der Waals surface area contributed by atoms with Crippen LogP contribution in [0.25, 0.3) is 0 Å². The van der Waals surface area contributed by atoms with E-state index >= 15 is 0 Å². The van der Waals surface area contributed by atoms with Crippen molar-refractivity contribution in [2.45, 2.75) is 24.2 Å². The number of hydrogen-bond acceptors (Lipinski definition) is 6. The lowest BCUT2D eigenvalue weighted by Crippen LogP contribution is -2.25. The second-order valence-corrected chi connectivity index (χ2v) is 9.48. The fourth-order valence-corrected chi connectivity index (χ4v) is 4.73. The third-order valence-electron chi connectivity index (χ3n) is 5.48. The van der Waals surface area contributed by atoms with Gasteiger partial charge in [-0.05, 0) is 67.1 Å². The van der Waals surface area contributed by atoms with E-state index in [1.54, 1.807) is 30.5 Å².